The Bertz CT molecular complexity index is 365. The maximum absolute atomic E-state index is 5.71. The molecule has 0 radical (unpaired) electrons. The van der Waals surface area contributed by atoms with Crippen LogP contribution in [0.2, 0.25) is 0 Å². The molecule has 0 amide bonds. The number of hydrogen-bond donors (Lipinski definition) is 0. The number of benzene rings is 1. The van der Waals surface area contributed by atoms with Crippen molar-refractivity contribution in [3.63, 3.8) is 0 Å². The van der Waals surface area contributed by atoms with Crippen LogP contribution in [0.25, 0.3) is 0 Å². The maximum atomic E-state index is 5.71. The van der Waals surface area contributed by atoms with Crippen molar-refractivity contribution in [3.8, 4) is 5.75 Å². The standard InChI is InChI=1S/C14H20O2S/c1-10(2)16-12-5-4-6-13(8-12)17-14-7-11(3)9-15-14/h4-6,8,10-11,14H,7,9H2,1-3H3/t11-,14?/m1/s1. The number of rotatable bonds is 4. The lowest BCUT2D eigenvalue weighted by Gasteiger charge is -2.12. The Labute approximate surface area is 108 Å². The summed E-state index contributed by atoms with van der Waals surface area (Å²) in [7, 11) is 0. The van der Waals surface area contributed by atoms with E-state index in [9.17, 15) is 0 Å². The van der Waals surface area contributed by atoms with Gasteiger partial charge in [-0.25, -0.2) is 0 Å². The Balaban J connectivity index is 1.96. The maximum Gasteiger partial charge on any atom is 0.120 e. The van der Waals surface area contributed by atoms with Gasteiger partial charge in [0, 0.05) is 4.90 Å². The minimum absolute atomic E-state index is 0.220. The molecule has 0 aliphatic carbocycles. The summed E-state index contributed by atoms with van der Waals surface area (Å²) in [5, 5.41) is 0. The molecule has 17 heavy (non-hydrogen) atoms. The Hall–Kier alpha value is -0.670. The van der Waals surface area contributed by atoms with Gasteiger partial charge >= 0.3 is 0 Å². The van der Waals surface area contributed by atoms with Gasteiger partial charge in [0.15, 0.2) is 0 Å². The Morgan fingerprint density at radius 3 is 2.88 bits per heavy atom. The summed E-state index contributed by atoms with van der Waals surface area (Å²) in [5.74, 6) is 1.62. The minimum Gasteiger partial charge on any atom is -0.491 e. The molecule has 1 heterocycles. The zero-order valence-electron chi connectivity index (χ0n) is 10.7. The normalized spacial score (nSPS) is 24.2. The monoisotopic (exact) mass is 252 g/mol. The van der Waals surface area contributed by atoms with E-state index in [1.54, 1.807) is 11.8 Å². The first-order valence-corrected chi connectivity index (χ1v) is 7.06. The van der Waals surface area contributed by atoms with E-state index in [1.807, 2.05) is 26.0 Å². The van der Waals surface area contributed by atoms with Gasteiger partial charge in [-0.1, -0.05) is 24.8 Å². The minimum atomic E-state index is 0.220. The summed E-state index contributed by atoms with van der Waals surface area (Å²) in [4.78, 5) is 1.22. The van der Waals surface area contributed by atoms with Crippen molar-refractivity contribution in [1.82, 2.24) is 0 Å². The van der Waals surface area contributed by atoms with E-state index in [0.717, 1.165) is 18.8 Å². The van der Waals surface area contributed by atoms with Crippen LogP contribution in [-0.2, 0) is 4.74 Å². The molecular formula is C14H20O2S. The molecule has 1 aromatic carbocycles. The average molecular weight is 252 g/mol. The van der Waals surface area contributed by atoms with Crippen molar-refractivity contribution in [2.24, 2.45) is 5.92 Å². The lowest BCUT2D eigenvalue weighted by atomic mass is 10.2. The van der Waals surface area contributed by atoms with E-state index in [1.165, 1.54) is 4.90 Å². The molecule has 2 rings (SSSR count). The third-order valence-corrected chi connectivity index (χ3v) is 3.72. The quantitative estimate of drug-likeness (QED) is 0.808. The molecule has 1 aromatic rings. The fourth-order valence-electron chi connectivity index (χ4n) is 1.86. The van der Waals surface area contributed by atoms with Crippen LogP contribution in [0.5, 0.6) is 5.75 Å². The molecule has 94 valence electrons. The third-order valence-electron chi connectivity index (χ3n) is 2.61. The third kappa shape index (κ3) is 3.93. The smallest absolute Gasteiger partial charge is 0.120 e. The van der Waals surface area contributed by atoms with Gasteiger partial charge < -0.3 is 9.47 Å². The topological polar surface area (TPSA) is 18.5 Å². The first kappa shape index (κ1) is 12.8. The molecule has 0 N–H and O–H groups in total. The van der Waals surface area contributed by atoms with Gasteiger partial charge in [0.2, 0.25) is 0 Å². The number of ether oxygens (including phenoxy) is 2. The van der Waals surface area contributed by atoms with Crippen molar-refractivity contribution >= 4 is 11.8 Å². The van der Waals surface area contributed by atoms with E-state index in [-0.39, 0.29) is 6.10 Å². The molecule has 1 aliphatic rings. The van der Waals surface area contributed by atoms with Crippen LogP contribution in [0, 0.1) is 5.92 Å². The van der Waals surface area contributed by atoms with E-state index < -0.39 is 0 Å². The second-order valence-corrected chi connectivity index (χ2v) is 6.10. The van der Waals surface area contributed by atoms with Gasteiger partial charge in [-0.05, 0) is 44.4 Å². The molecule has 2 nitrogen and oxygen atoms in total. The molecule has 1 unspecified atom stereocenters. The highest BCUT2D eigenvalue weighted by molar-refractivity contribution is 7.99. The van der Waals surface area contributed by atoms with Crippen molar-refractivity contribution in [2.75, 3.05) is 6.61 Å². The van der Waals surface area contributed by atoms with Crippen molar-refractivity contribution < 1.29 is 9.47 Å². The van der Waals surface area contributed by atoms with Crippen LogP contribution >= 0.6 is 11.8 Å². The summed E-state index contributed by atoms with van der Waals surface area (Å²) < 4.78 is 11.4. The average Bonchev–Trinajstić information content (AvgIpc) is 2.63. The molecule has 1 aliphatic heterocycles. The van der Waals surface area contributed by atoms with Crippen LogP contribution in [0.1, 0.15) is 27.2 Å². The zero-order chi connectivity index (χ0) is 12.3. The van der Waals surface area contributed by atoms with Crippen LogP contribution in [-0.4, -0.2) is 18.1 Å². The van der Waals surface area contributed by atoms with Gasteiger partial charge in [0.25, 0.3) is 0 Å². The molecular weight excluding hydrogens is 232 g/mol. The van der Waals surface area contributed by atoms with Gasteiger partial charge in [-0.3, -0.25) is 0 Å². The Morgan fingerprint density at radius 1 is 1.41 bits per heavy atom. The van der Waals surface area contributed by atoms with E-state index in [4.69, 9.17) is 9.47 Å². The van der Waals surface area contributed by atoms with E-state index in [2.05, 4.69) is 19.1 Å². The Morgan fingerprint density at radius 2 is 2.24 bits per heavy atom. The van der Waals surface area contributed by atoms with Crippen molar-refractivity contribution in [2.45, 2.75) is 43.6 Å². The summed E-state index contributed by atoms with van der Waals surface area (Å²) >= 11 is 1.79. The first-order valence-electron chi connectivity index (χ1n) is 6.18. The van der Waals surface area contributed by atoms with E-state index in [0.29, 0.717) is 11.4 Å². The lowest BCUT2D eigenvalue weighted by molar-refractivity contribution is 0.166. The van der Waals surface area contributed by atoms with Crippen LogP contribution in [0.15, 0.2) is 29.2 Å². The van der Waals surface area contributed by atoms with E-state index >= 15 is 0 Å². The molecule has 2 atom stereocenters. The van der Waals surface area contributed by atoms with Crippen LogP contribution < -0.4 is 4.74 Å². The predicted octanol–water partition coefficient (Wildman–Crippen LogP) is 3.95. The fourth-order valence-corrected chi connectivity index (χ4v) is 3.08. The SMILES string of the molecule is CC(C)Oc1cccc(SC2C[C@@H](C)CO2)c1. The van der Waals surface area contributed by atoms with Crippen LogP contribution in [0.4, 0.5) is 0 Å². The van der Waals surface area contributed by atoms with Crippen molar-refractivity contribution in [1.29, 1.82) is 0 Å². The van der Waals surface area contributed by atoms with Crippen LogP contribution in [0.3, 0.4) is 0 Å². The molecule has 0 bridgehead atoms. The molecule has 3 heteroatoms. The highest BCUT2D eigenvalue weighted by Crippen LogP contribution is 2.34. The zero-order valence-corrected chi connectivity index (χ0v) is 11.5. The molecule has 0 saturated carbocycles. The van der Waals surface area contributed by atoms with Crippen molar-refractivity contribution in [3.05, 3.63) is 24.3 Å². The molecule has 1 saturated heterocycles. The van der Waals surface area contributed by atoms with Gasteiger partial charge in [0.1, 0.15) is 11.2 Å². The second-order valence-electron chi connectivity index (χ2n) is 4.86. The largest absolute Gasteiger partial charge is 0.491 e. The summed E-state index contributed by atoms with van der Waals surface area (Å²) in [6, 6.07) is 8.25. The number of hydrogen-bond acceptors (Lipinski definition) is 3. The highest BCUT2D eigenvalue weighted by atomic mass is 32.2. The second kappa shape index (κ2) is 5.78. The Kier molecular flexibility index (Phi) is 4.35. The lowest BCUT2D eigenvalue weighted by Crippen LogP contribution is -2.05. The van der Waals surface area contributed by atoms with Gasteiger partial charge in [-0.15, -0.1) is 0 Å². The van der Waals surface area contributed by atoms with Gasteiger partial charge in [-0.2, -0.15) is 0 Å². The number of thioether (sulfide) groups is 1. The van der Waals surface area contributed by atoms with Gasteiger partial charge in [0.05, 0.1) is 12.7 Å². The molecule has 0 aromatic heterocycles. The summed E-state index contributed by atoms with van der Waals surface area (Å²) in [6.45, 7) is 7.21. The molecule has 0 spiro atoms. The fraction of sp³-hybridized carbons (Fsp3) is 0.571. The summed E-state index contributed by atoms with van der Waals surface area (Å²) in [6.07, 6.45) is 1.36. The highest BCUT2D eigenvalue weighted by Gasteiger charge is 2.22. The summed E-state index contributed by atoms with van der Waals surface area (Å²) in [5.41, 5.74) is 0.305. The first-order chi connectivity index (χ1) is 8.13. The molecule has 1 fully saturated rings. The predicted molar refractivity (Wildman–Crippen MR) is 71.6 cm³/mol.